The van der Waals surface area contributed by atoms with Crippen LogP contribution in [0.1, 0.15) is 5.56 Å². The van der Waals surface area contributed by atoms with Crippen LogP contribution < -0.4 is 5.43 Å². The van der Waals surface area contributed by atoms with Gasteiger partial charge in [-0.25, -0.2) is 0 Å². The largest absolute Gasteiger partial charge is 0.336 e. The van der Waals surface area contributed by atoms with Crippen molar-refractivity contribution >= 4 is 32.6 Å². The summed E-state index contributed by atoms with van der Waals surface area (Å²) in [5.74, 6) is 0. The van der Waals surface area contributed by atoms with Crippen LogP contribution >= 0.6 is 0 Å². The second kappa shape index (κ2) is 8.21. The molecule has 7 rings (SSSR count). The Hall–Kier alpha value is -4.69. The number of rotatable bonds is 4. The highest BCUT2D eigenvalue weighted by Crippen LogP contribution is 2.42. The Balaban J connectivity index is 1.72. The first kappa shape index (κ1) is 20.7. The van der Waals surface area contributed by atoms with Crippen molar-refractivity contribution in [2.45, 2.75) is 6.54 Å². The molecule has 6 aromatic carbocycles. The first-order valence-corrected chi connectivity index (χ1v) is 12.3. The van der Waals surface area contributed by atoms with E-state index in [1.807, 2.05) is 66.7 Å². The van der Waals surface area contributed by atoms with Gasteiger partial charge >= 0.3 is 0 Å². The van der Waals surface area contributed by atoms with E-state index in [-0.39, 0.29) is 5.43 Å². The van der Waals surface area contributed by atoms with Gasteiger partial charge in [-0.1, -0.05) is 115 Å². The predicted octanol–water partition coefficient (Wildman–Crippen LogP) is 8.13. The molecule has 0 saturated heterocycles. The van der Waals surface area contributed by atoms with Crippen LogP contribution in [0.5, 0.6) is 0 Å². The lowest BCUT2D eigenvalue weighted by atomic mass is 9.93. The van der Waals surface area contributed by atoms with E-state index in [2.05, 4.69) is 65.2 Å². The molecule has 0 unspecified atom stereocenters. The van der Waals surface area contributed by atoms with Crippen molar-refractivity contribution < 1.29 is 0 Å². The summed E-state index contributed by atoms with van der Waals surface area (Å²) < 4.78 is 2.36. The molecule has 0 spiro atoms. The summed E-state index contributed by atoms with van der Waals surface area (Å²) in [6.07, 6.45) is 0. The number of hydrogen-bond donors (Lipinski definition) is 0. The molecule has 0 saturated carbocycles. The van der Waals surface area contributed by atoms with Crippen LogP contribution in [0.15, 0.2) is 132 Å². The minimum absolute atomic E-state index is 0.0700. The van der Waals surface area contributed by atoms with E-state index in [0.717, 1.165) is 61.4 Å². The molecule has 7 aromatic rings. The number of aromatic nitrogens is 1. The minimum Gasteiger partial charge on any atom is -0.336 e. The fourth-order valence-corrected chi connectivity index (χ4v) is 5.69. The summed E-state index contributed by atoms with van der Waals surface area (Å²) in [7, 11) is 0. The molecule has 0 aliphatic rings. The lowest BCUT2D eigenvalue weighted by Gasteiger charge is -2.12. The van der Waals surface area contributed by atoms with Crippen molar-refractivity contribution in [3.63, 3.8) is 0 Å². The van der Waals surface area contributed by atoms with Gasteiger partial charge in [-0.15, -0.1) is 0 Å². The van der Waals surface area contributed by atoms with E-state index in [0.29, 0.717) is 0 Å². The molecule has 36 heavy (non-hydrogen) atoms. The van der Waals surface area contributed by atoms with Crippen LogP contribution in [-0.4, -0.2) is 4.57 Å². The van der Waals surface area contributed by atoms with Crippen LogP contribution in [0.3, 0.4) is 0 Å². The van der Waals surface area contributed by atoms with Gasteiger partial charge in [0.2, 0.25) is 0 Å². The Morgan fingerprint density at radius 1 is 0.472 bits per heavy atom. The molecule has 0 aliphatic heterocycles. The van der Waals surface area contributed by atoms with Crippen molar-refractivity contribution in [3.05, 3.63) is 143 Å². The van der Waals surface area contributed by atoms with Gasteiger partial charge in [-0.2, -0.15) is 0 Å². The maximum Gasteiger partial charge on any atom is 0.194 e. The summed E-state index contributed by atoms with van der Waals surface area (Å²) in [6.45, 7) is 0.748. The Morgan fingerprint density at radius 3 is 1.58 bits per heavy atom. The van der Waals surface area contributed by atoms with Gasteiger partial charge in [0.15, 0.2) is 5.43 Å². The highest BCUT2D eigenvalue weighted by Gasteiger charge is 2.22. The molecular weight excluding hydrogens is 438 g/mol. The molecule has 170 valence electrons. The van der Waals surface area contributed by atoms with Crippen LogP contribution in [0.4, 0.5) is 0 Å². The molecule has 0 atom stereocenters. The fourth-order valence-electron chi connectivity index (χ4n) is 5.69. The SMILES string of the molecule is O=c1c(-c2ccccc2)c(-c2ccccc2)c2cccc3c2c2c1cccc2n3Cc1ccccc1. The average molecular weight is 462 g/mol. The molecule has 0 amide bonds. The van der Waals surface area contributed by atoms with Gasteiger partial charge in [0.1, 0.15) is 0 Å². The smallest absolute Gasteiger partial charge is 0.194 e. The second-order valence-electron chi connectivity index (χ2n) is 9.28. The summed E-state index contributed by atoms with van der Waals surface area (Å²) in [5.41, 5.74) is 7.29. The highest BCUT2D eigenvalue weighted by molar-refractivity contribution is 6.26. The van der Waals surface area contributed by atoms with Crippen LogP contribution in [0.2, 0.25) is 0 Å². The van der Waals surface area contributed by atoms with E-state index in [9.17, 15) is 4.79 Å². The molecule has 0 radical (unpaired) electrons. The number of hydrogen-bond acceptors (Lipinski definition) is 1. The third-order valence-electron chi connectivity index (χ3n) is 7.22. The van der Waals surface area contributed by atoms with Crippen molar-refractivity contribution in [1.29, 1.82) is 0 Å². The molecule has 0 aliphatic carbocycles. The van der Waals surface area contributed by atoms with Gasteiger partial charge < -0.3 is 4.57 Å². The molecule has 1 heterocycles. The molecule has 0 N–H and O–H groups in total. The fraction of sp³-hybridized carbons (Fsp3) is 0.0294. The van der Waals surface area contributed by atoms with E-state index < -0.39 is 0 Å². The van der Waals surface area contributed by atoms with E-state index >= 15 is 0 Å². The van der Waals surface area contributed by atoms with Gasteiger partial charge in [-0.05, 0) is 34.2 Å². The van der Waals surface area contributed by atoms with Gasteiger partial charge in [0.05, 0.1) is 11.0 Å². The second-order valence-corrected chi connectivity index (χ2v) is 9.28. The van der Waals surface area contributed by atoms with Gasteiger partial charge in [0.25, 0.3) is 0 Å². The topological polar surface area (TPSA) is 22.0 Å². The maximum absolute atomic E-state index is 14.5. The van der Waals surface area contributed by atoms with Gasteiger partial charge in [0, 0.05) is 33.8 Å². The standard InChI is InChI=1S/C34H23NO/c36-34-27-19-11-21-29-33(27)32-26(18-10-20-28(32)35(29)22-23-12-4-1-5-13-23)30(24-14-6-2-7-15-24)31(34)25-16-8-3-9-17-25/h1-21H,22H2. The van der Waals surface area contributed by atoms with Crippen molar-refractivity contribution in [1.82, 2.24) is 4.57 Å². The normalized spacial score (nSPS) is 11.6. The summed E-state index contributed by atoms with van der Waals surface area (Å²) in [4.78, 5) is 14.5. The first-order chi connectivity index (χ1) is 17.8. The average Bonchev–Trinajstić information content (AvgIpc) is 3.20. The monoisotopic (exact) mass is 461 g/mol. The third kappa shape index (κ3) is 3.08. The number of benzene rings is 5. The van der Waals surface area contributed by atoms with E-state index in [1.165, 1.54) is 5.56 Å². The first-order valence-electron chi connectivity index (χ1n) is 12.3. The quantitative estimate of drug-likeness (QED) is 0.259. The van der Waals surface area contributed by atoms with Crippen LogP contribution in [-0.2, 0) is 6.54 Å². The highest BCUT2D eigenvalue weighted by atomic mass is 16.1. The van der Waals surface area contributed by atoms with Gasteiger partial charge in [-0.3, -0.25) is 4.79 Å². The predicted molar refractivity (Wildman–Crippen MR) is 151 cm³/mol. The molecule has 2 nitrogen and oxygen atoms in total. The summed E-state index contributed by atoms with van der Waals surface area (Å²) >= 11 is 0. The Morgan fingerprint density at radius 2 is 0.972 bits per heavy atom. The zero-order valence-electron chi connectivity index (χ0n) is 19.7. The molecule has 0 fully saturated rings. The zero-order chi connectivity index (χ0) is 24.1. The summed E-state index contributed by atoms with van der Waals surface area (Å²) in [5, 5.41) is 4.06. The molecular formula is C34H23NO. The minimum atomic E-state index is 0.0700. The summed E-state index contributed by atoms with van der Waals surface area (Å²) in [6, 6.07) is 43.6. The maximum atomic E-state index is 14.5. The lowest BCUT2D eigenvalue weighted by molar-refractivity contribution is 0.869. The molecule has 0 bridgehead atoms. The molecule has 2 heteroatoms. The Kier molecular flexibility index (Phi) is 4.71. The Bertz CT molecular complexity index is 1900. The van der Waals surface area contributed by atoms with Crippen molar-refractivity contribution in [3.8, 4) is 22.3 Å². The number of nitrogens with zero attached hydrogens (tertiary/aromatic N) is 1. The van der Waals surface area contributed by atoms with Crippen LogP contribution in [0.25, 0.3) is 54.8 Å². The van der Waals surface area contributed by atoms with Crippen molar-refractivity contribution in [2.24, 2.45) is 0 Å². The van der Waals surface area contributed by atoms with E-state index in [4.69, 9.17) is 0 Å². The third-order valence-corrected chi connectivity index (χ3v) is 7.22. The van der Waals surface area contributed by atoms with Crippen LogP contribution in [0, 0.1) is 0 Å². The lowest BCUT2D eigenvalue weighted by Crippen LogP contribution is -2.05. The Labute approximate surface area is 209 Å². The zero-order valence-corrected chi connectivity index (χ0v) is 19.7. The van der Waals surface area contributed by atoms with Crippen molar-refractivity contribution in [2.75, 3.05) is 0 Å². The molecule has 1 aromatic heterocycles. The van der Waals surface area contributed by atoms with E-state index in [1.54, 1.807) is 0 Å².